The van der Waals surface area contributed by atoms with E-state index >= 15 is 0 Å². The largest absolute Gasteiger partial charge is 0.482 e. The maximum absolute atomic E-state index is 12.5. The maximum atomic E-state index is 12.5. The van der Waals surface area contributed by atoms with E-state index in [1.54, 1.807) is 4.90 Å². The molecule has 7 heteroatoms. The SMILES string of the molecule is O=C(CCC1CCCCC1)Nc1ccc2c(c1)N(CCN1CCOCC1)C(=O)CO2. The standard InChI is InChI=1S/C23H33N3O4/c27-22(9-6-18-4-2-1-3-5-18)24-19-7-8-21-20(16-19)26(23(28)17-30-21)11-10-25-12-14-29-15-13-25/h7-8,16,18H,1-6,9-15,17H2,(H,24,27). The van der Waals surface area contributed by atoms with E-state index in [2.05, 4.69) is 10.2 Å². The minimum absolute atomic E-state index is 0.0449. The summed E-state index contributed by atoms with van der Waals surface area (Å²) < 4.78 is 11.0. The third-order valence-corrected chi connectivity index (χ3v) is 6.43. The molecule has 1 aromatic rings. The number of fused-ring (bicyclic) bond motifs is 1. The van der Waals surface area contributed by atoms with Crippen molar-refractivity contribution in [1.82, 2.24) is 4.90 Å². The Morgan fingerprint density at radius 3 is 2.70 bits per heavy atom. The smallest absolute Gasteiger partial charge is 0.265 e. The number of morpholine rings is 1. The Labute approximate surface area is 178 Å². The van der Waals surface area contributed by atoms with E-state index in [9.17, 15) is 9.59 Å². The van der Waals surface area contributed by atoms with Crippen molar-refractivity contribution in [3.8, 4) is 5.75 Å². The highest BCUT2D eigenvalue weighted by Gasteiger charge is 2.26. The molecular formula is C23H33N3O4. The molecule has 1 aromatic carbocycles. The van der Waals surface area contributed by atoms with Gasteiger partial charge in [0.15, 0.2) is 6.61 Å². The van der Waals surface area contributed by atoms with Crippen LogP contribution in [0.25, 0.3) is 0 Å². The molecule has 0 radical (unpaired) electrons. The summed E-state index contributed by atoms with van der Waals surface area (Å²) in [5.74, 6) is 1.38. The van der Waals surface area contributed by atoms with E-state index in [4.69, 9.17) is 9.47 Å². The molecule has 1 N–H and O–H groups in total. The number of carbonyl (C=O) groups is 2. The Kier molecular flexibility index (Phi) is 7.23. The zero-order valence-corrected chi connectivity index (χ0v) is 17.7. The van der Waals surface area contributed by atoms with Crippen LogP contribution in [0.15, 0.2) is 18.2 Å². The average molecular weight is 416 g/mol. The van der Waals surface area contributed by atoms with Gasteiger partial charge in [0.1, 0.15) is 5.75 Å². The molecule has 164 valence electrons. The third kappa shape index (κ3) is 5.52. The van der Waals surface area contributed by atoms with Crippen molar-refractivity contribution in [3.63, 3.8) is 0 Å². The molecule has 7 nitrogen and oxygen atoms in total. The number of hydrogen-bond acceptors (Lipinski definition) is 5. The normalized spacial score (nSPS) is 20.5. The van der Waals surface area contributed by atoms with Crippen LogP contribution in [-0.4, -0.2) is 62.7 Å². The zero-order chi connectivity index (χ0) is 20.8. The molecule has 2 fully saturated rings. The summed E-state index contributed by atoms with van der Waals surface area (Å²) in [5.41, 5.74) is 1.46. The molecule has 0 unspecified atom stereocenters. The van der Waals surface area contributed by atoms with Crippen LogP contribution in [0.5, 0.6) is 5.75 Å². The Morgan fingerprint density at radius 1 is 1.10 bits per heavy atom. The summed E-state index contributed by atoms with van der Waals surface area (Å²) in [6.45, 7) is 4.73. The van der Waals surface area contributed by atoms with Gasteiger partial charge >= 0.3 is 0 Å². The lowest BCUT2D eigenvalue weighted by Crippen LogP contribution is -2.45. The van der Waals surface area contributed by atoms with Gasteiger partial charge < -0.3 is 19.7 Å². The number of carbonyl (C=O) groups excluding carboxylic acids is 2. The van der Waals surface area contributed by atoms with Crippen LogP contribution in [0.3, 0.4) is 0 Å². The summed E-state index contributed by atoms with van der Waals surface area (Å²) in [6, 6.07) is 5.57. The molecule has 0 spiro atoms. The monoisotopic (exact) mass is 415 g/mol. The van der Waals surface area contributed by atoms with Gasteiger partial charge in [-0.1, -0.05) is 32.1 Å². The van der Waals surface area contributed by atoms with Gasteiger partial charge in [0.2, 0.25) is 5.91 Å². The number of amides is 2. The van der Waals surface area contributed by atoms with Crippen LogP contribution in [0, 0.1) is 5.92 Å². The van der Waals surface area contributed by atoms with Crippen molar-refractivity contribution < 1.29 is 19.1 Å². The second-order valence-electron chi connectivity index (χ2n) is 8.56. The third-order valence-electron chi connectivity index (χ3n) is 6.43. The maximum Gasteiger partial charge on any atom is 0.265 e. The summed E-state index contributed by atoms with van der Waals surface area (Å²) in [7, 11) is 0. The topological polar surface area (TPSA) is 71.1 Å². The lowest BCUT2D eigenvalue weighted by molar-refractivity contribution is -0.121. The quantitative estimate of drug-likeness (QED) is 0.741. The second-order valence-corrected chi connectivity index (χ2v) is 8.56. The van der Waals surface area contributed by atoms with E-state index in [0.717, 1.165) is 50.6 Å². The van der Waals surface area contributed by atoms with Crippen molar-refractivity contribution in [2.75, 3.05) is 56.2 Å². The van der Waals surface area contributed by atoms with Crippen LogP contribution in [-0.2, 0) is 14.3 Å². The molecule has 4 rings (SSSR count). The molecule has 2 amide bonds. The molecule has 0 aromatic heterocycles. The summed E-state index contributed by atoms with van der Waals surface area (Å²) in [6.07, 6.45) is 7.95. The first kappa shape index (κ1) is 21.1. The lowest BCUT2D eigenvalue weighted by atomic mass is 9.86. The first-order chi connectivity index (χ1) is 14.7. The van der Waals surface area contributed by atoms with Gasteiger partial charge in [0.05, 0.1) is 18.9 Å². The summed E-state index contributed by atoms with van der Waals surface area (Å²) in [4.78, 5) is 29.1. The van der Waals surface area contributed by atoms with Crippen molar-refractivity contribution in [3.05, 3.63) is 18.2 Å². The van der Waals surface area contributed by atoms with Crippen LogP contribution >= 0.6 is 0 Å². The van der Waals surface area contributed by atoms with Gasteiger partial charge in [-0.15, -0.1) is 0 Å². The van der Waals surface area contributed by atoms with Gasteiger partial charge in [-0.2, -0.15) is 0 Å². The van der Waals surface area contributed by atoms with E-state index < -0.39 is 0 Å². The summed E-state index contributed by atoms with van der Waals surface area (Å²) in [5, 5.41) is 3.01. The predicted molar refractivity (Wildman–Crippen MR) is 116 cm³/mol. The Morgan fingerprint density at radius 2 is 1.90 bits per heavy atom. The molecule has 1 aliphatic carbocycles. The van der Waals surface area contributed by atoms with Crippen LogP contribution in [0.4, 0.5) is 11.4 Å². The average Bonchev–Trinajstić information content (AvgIpc) is 2.78. The Bertz CT molecular complexity index is 742. The van der Waals surface area contributed by atoms with Crippen molar-refractivity contribution >= 4 is 23.2 Å². The molecule has 0 atom stereocenters. The Hall–Kier alpha value is -2.12. The number of hydrogen-bond donors (Lipinski definition) is 1. The van der Waals surface area contributed by atoms with Crippen LogP contribution < -0.4 is 15.0 Å². The fourth-order valence-electron chi connectivity index (χ4n) is 4.63. The predicted octanol–water partition coefficient (Wildman–Crippen LogP) is 3.04. The fourth-order valence-corrected chi connectivity index (χ4v) is 4.63. The molecule has 2 heterocycles. The molecule has 2 aliphatic heterocycles. The number of nitrogens with one attached hydrogen (secondary N) is 1. The molecule has 30 heavy (non-hydrogen) atoms. The number of benzene rings is 1. The highest BCUT2D eigenvalue weighted by Crippen LogP contribution is 2.35. The highest BCUT2D eigenvalue weighted by molar-refractivity contribution is 5.99. The van der Waals surface area contributed by atoms with Gasteiger partial charge in [-0.3, -0.25) is 14.5 Å². The van der Waals surface area contributed by atoms with E-state index in [1.165, 1.54) is 32.1 Å². The lowest BCUT2D eigenvalue weighted by Gasteiger charge is -2.33. The fraction of sp³-hybridized carbons (Fsp3) is 0.652. The number of nitrogens with zero attached hydrogens (tertiary/aromatic N) is 2. The van der Waals surface area contributed by atoms with Crippen LogP contribution in [0.1, 0.15) is 44.9 Å². The zero-order valence-electron chi connectivity index (χ0n) is 17.7. The van der Waals surface area contributed by atoms with Gasteiger partial charge in [-0.25, -0.2) is 0 Å². The first-order valence-corrected chi connectivity index (χ1v) is 11.4. The molecule has 1 saturated heterocycles. The number of rotatable bonds is 7. The summed E-state index contributed by atoms with van der Waals surface area (Å²) >= 11 is 0. The Balaban J connectivity index is 1.35. The van der Waals surface area contributed by atoms with Gasteiger partial charge in [0.25, 0.3) is 5.91 Å². The van der Waals surface area contributed by atoms with Crippen molar-refractivity contribution in [1.29, 1.82) is 0 Å². The van der Waals surface area contributed by atoms with E-state index in [1.807, 2.05) is 18.2 Å². The van der Waals surface area contributed by atoms with E-state index in [-0.39, 0.29) is 18.4 Å². The number of anilines is 2. The van der Waals surface area contributed by atoms with E-state index in [0.29, 0.717) is 24.6 Å². The van der Waals surface area contributed by atoms with Crippen molar-refractivity contribution in [2.45, 2.75) is 44.9 Å². The van der Waals surface area contributed by atoms with Gasteiger partial charge in [0, 0.05) is 38.3 Å². The minimum Gasteiger partial charge on any atom is -0.482 e. The molecule has 1 saturated carbocycles. The van der Waals surface area contributed by atoms with Gasteiger partial charge in [-0.05, 0) is 30.5 Å². The van der Waals surface area contributed by atoms with Crippen LogP contribution in [0.2, 0.25) is 0 Å². The molecular weight excluding hydrogens is 382 g/mol. The minimum atomic E-state index is -0.0449. The molecule has 0 bridgehead atoms. The molecule has 3 aliphatic rings. The van der Waals surface area contributed by atoms with Crippen molar-refractivity contribution in [2.24, 2.45) is 5.92 Å². The second kappa shape index (κ2) is 10.3. The number of ether oxygens (including phenoxy) is 2. The first-order valence-electron chi connectivity index (χ1n) is 11.4. The highest BCUT2D eigenvalue weighted by atomic mass is 16.5.